The van der Waals surface area contributed by atoms with Gasteiger partial charge in [-0.2, -0.15) is 5.10 Å². The lowest BCUT2D eigenvalue weighted by molar-refractivity contribution is 0.0952. The summed E-state index contributed by atoms with van der Waals surface area (Å²) in [7, 11) is 0. The van der Waals surface area contributed by atoms with Crippen LogP contribution in [0.2, 0.25) is 0 Å². The Morgan fingerprint density at radius 2 is 2.28 bits per heavy atom. The maximum Gasteiger partial charge on any atom is 0.0731 e. The van der Waals surface area contributed by atoms with Crippen molar-refractivity contribution in [3.05, 3.63) is 18.0 Å². The summed E-state index contributed by atoms with van der Waals surface area (Å²) < 4.78 is 7.73. The second-order valence-corrected chi connectivity index (χ2v) is 5.90. The Kier molecular flexibility index (Phi) is 3.16. The van der Waals surface area contributed by atoms with Crippen molar-refractivity contribution < 1.29 is 4.74 Å². The molecule has 2 aliphatic rings. The predicted molar refractivity (Wildman–Crippen MR) is 70.4 cm³/mol. The van der Waals surface area contributed by atoms with Gasteiger partial charge in [0.05, 0.1) is 17.8 Å². The molecule has 4 nitrogen and oxygen atoms in total. The second-order valence-electron chi connectivity index (χ2n) is 5.90. The minimum Gasteiger partial charge on any atom is -0.377 e. The van der Waals surface area contributed by atoms with Gasteiger partial charge in [0.15, 0.2) is 0 Å². The molecule has 18 heavy (non-hydrogen) atoms. The first-order valence-corrected chi connectivity index (χ1v) is 7.12. The van der Waals surface area contributed by atoms with Gasteiger partial charge < -0.3 is 10.5 Å². The summed E-state index contributed by atoms with van der Waals surface area (Å²) in [6.45, 7) is 2.85. The van der Waals surface area contributed by atoms with Crippen LogP contribution in [0.4, 0.5) is 0 Å². The summed E-state index contributed by atoms with van der Waals surface area (Å²) in [6, 6.07) is 2.74. The van der Waals surface area contributed by atoms with Crippen molar-refractivity contribution in [1.82, 2.24) is 9.78 Å². The van der Waals surface area contributed by atoms with Crippen LogP contribution in [0.15, 0.2) is 12.3 Å². The molecule has 1 saturated carbocycles. The Morgan fingerprint density at radius 1 is 1.50 bits per heavy atom. The van der Waals surface area contributed by atoms with Crippen LogP contribution in [-0.4, -0.2) is 28.0 Å². The van der Waals surface area contributed by atoms with Crippen LogP contribution in [0.1, 0.15) is 50.8 Å². The van der Waals surface area contributed by atoms with Crippen molar-refractivity contribution in [1.29, 1.82) is 0 Å². The van der Waals surface area contributed by atoms with E-state index in [1.165, 1.54) is 25.7 Å². The molecule has 2 unspecified atom stereocenters. The fourth-order valence-electron chi connectivity index (χ4n) is 3.21. The highest BCUT2D eigenvalue weighted by Gasteiger charge is 2.38. The highest BCUT2D eigenvalue weighted by Crippen LogP contribution is 2.30. The van der Waals surface area contributed by atoms with Crippen molar-refractivity contribution in [2.75, 3.05) is 6.61 Å². The molecule has 1 saturated heterocycles. The molecule has 2 atom stereocenters. The van der Waals surface area contributed by atoms with Gasteiger partial charge in [-0.15, -0.1) is 0 Å². The lowest BCUT2D eigenvalue weighted by Gasteiger charge is -2.26. The lowest BCUT2D eigenvalue weighted by Crippen LogP contribution is -2.48. The maximum absolute atomic E-state index is 6.42. The van der Waals surface area contributed by atoms with Gasteiger partial charge >= 0.3 is 0 Å². The standard InChI is InChI=1S/C14H23N3O/c1-11-14(15,7-9-18-11)10-12-6-8-17(16-12)13-4-2-3-5-13/h6,8,11,13H,2-5,7,9-10,15H2,1H3. The molecular weight excluding hydrogens is 226 g/mol. The van der Waals surface area contributed by atoms with Crippen LogP contribution in [0.5, 0.6) is 0 Å². The van der Waals surface area contributed by atoms with E-state index < -0.39 is 0 Å². The number of nitrogens with zero attached hydrogens (tertiary/aromatic N) is 2. The first kappa shape index (κ1) is 12.2. The molecule has 1 aromatic rings. The van der Waals surface area contributed by atoms with Crippen LogP contribution < -0.4 is 5.73 Å². The third-order valence-corrected chi connectivity index (χ3v) is 4.62. The average Bonchev–Trinajstić information content (AvgIpc) is 3.02. The molecule has 2 N–H and O–H groups in total. The highest BCUT2D eigenvalue weighted by atomic mass is 16.5. The molecule has 1 aliphatic carbocycles. The second kappa shape index (κ2) is 4.67. The van der Waals surface area contributed by atoms with E-state index in [2.05, 4.69) is 23.9 Å². The molecule has 1 aliphatic heterocycles. The average molecular weight is 249 g/mol. The normalized spacial score (nSPS) is 33.3. The smallest absolute Gasteiger partial charge is 0.0731 e. The molecule has 0 radical (unpaired) electrons. The molecule has 100 valence electrons. The predicted octanol–water partition coefficient (Wildman–Crippen LogP) is 2.05. The van der Waals surface area contributed by atoms with Crippen molar-refractivity contribution in [3.8, 4) is 0 Å². The van der Waals surface area contributed by atoms with Gasteiger partial charge in [0.25, 0.3) is 0 Å². The Morgan fingerprint density at radius 3 is 2.94 bits per heavy atom. The molecule has 1 aromatic heterocycles. The Bertz CT molecular complexity index is 411. The number of aromatic nitrogens is 2. The van der Waals surface area contributed by atoms with Crippen molar-refractivity contribution in [3.63, 3.8) is 0 Å². The highest BCUT2D eigenvalue weighted by molar-refractivity contribution is 5.09. The topological polar surface area (TPSA) is 53.1 Å². The monoisotopic (exact) mass is 249 g/mol. The van der Waals surface area contributed by atoms with Gasteiger partial charge in [-0.05, 0) is 32.3 Å². The van der Waals surface area contributed by atoms with Crippen LogP contribution in [0.25, 0.3) is 0 Å². The third-order valence-electron chi connectivity index (χ3n) is 4.62. The van der Waals surface area contributed by atoms with Crippen LogP contribution in [-0.2, 0) is 11.2 Å². The zero-order valence-electron chi connectivity index (χ0n) is 11.1. The SMILES string of the molecule is CC1OCCC1(N)Cc1ccn(C2CCCC2)n1. The Balaban J connectivity index is 1.69. The summed E-state index contributed by atoms with van der Waals surface area (Å²) in [5, 5.41) is 4.72. The summed E-state index contributed by atoms with van der Waals surface area (Å²) in [5.74, 6) is 0. The van der Waals surface area contributed by atoms with E-state index >= 15 is 0 Å². The minimum atomic E-state index is -0.227. The Labute approximate surface area is 108 Å². The third kappa shape index (κ3) is 2.19. The number of nitrogens with two attached hydrogens (primary N) is 1. The van der Waals surface area contributed by atoms with Crippen molar-refractivity contribution in [2.45, 2.75) is 63.1 Å². The number of ether oxygens (including phenoxy) is 1. The molecule has 0 aromatic carbocycles. The first-order chi connectivity index (χ1) is 8.67. The van der Waals surface area contributed by atoms with E-state index in [0.717, 1.165) is 25.1 Å². The van der Waals surface area contributed by atoms with Crippen LogP contribution in [0.3, 0.4) is 0 Å². The summed E-state index contributed by atoms with van der Waals surface area (Å²) in [4.78, 5) is 0. The first-order valence-electron chi connectivity index (χ1n) is 7.12. The number of hydrogen-bond donors (Lipinski definition) is 1. The lowest BCUT2D eigenvalue weighted by atomic mass is 9.88. The van der Waals surface area contributed by atoms with E-state index in [0.29, 0.717) is 6.04 Å². The molecule has 0 spiro atoms. The minimum absolute atomic E-state index is 0.133. The van der Waals surface area contributed by atoms with Gasteiger partial charge in [0.2, 0.25) is 0 Å². The molecule has 3 rings (SSSR count). The number of rotatable bonds is 3. The zero-order chi connectivity index (χ0) is 12.6. The van der Waals surface area contributed by atoms with Gasteiger partial charge in [-0.1, -0.05) is 12.8 Å². The van der Waals surface area contributed by atoms with Gasteiger partial charge in [0, 0.05) is 24.8 Å². The molecule has 0 amide bonds. The largest absolute Gasteiger partial charge is 0.377 e. The molecule has 2 fully saturated rings. The van der Waals surface area contributed by atoms with E-state index in [-0.39, 0.29) is 11.6 Å². The van der Waals surface area contributed by atoms with Crippen LogP contribution in [0, 0.1) is 0 Å². The van der Waals surface area contributed by atoms with Crippen LogP contribution >= 0.6 is 0 Å². The molecule has 2 heterocycles. The maximum atomic E-state index is 6.42. The van der Waals surface area contributed by atoms with E-state index in [4.69, 9.17) is 15.6 Å². The van der Waals surface area contributed by atoms with E-state index in [1.807, 2.05) is 0 Å². The van der Waals surface area contributed by atoms with E-state index in [9.17, 15) is 0 Å². The summed E-state index contributed by atoms with van der Waals surface area (Å²) >= 11 is 0. The molecule has 4 heteroatoms. The van der Waals surface area contributed by atoms with Crippen molar-refractivity contribution >= 4 is 0 Å². The number of hydrogen-bond acceptors (Lipinski definition) is 3. The summed E-state index contributed by atoms with van der Waals surface area (Å²) in [5.41, 5.74) is 7.31. The molecular formula is C14H23N3O. The fourth-order valence-corrected chi connectivity index (χ4v) is 3.21. The zero-order valence-corrected chi connectivity index (χ0v) is 11.1. The Hall–Kier alpha value is -0.870. The fraction of sp³-hybridized carbons (Fsp3) is 0.786. The van der Waals surface area contributed by atoms with Gasteiger partial charge in [0.1, 0.15) is 0 Å². The quantitative estimate of drug-likeness (QED) is 0.892. The summed E-state index contributed by atoms with van der Waals surface area (Å²) in [6.07, 6.45) is 9.24. The molecule has 0 bridgehead atoms. The van der Waals surface area contributed by atoms with Gasteiger partial charge in [-0.25, -0.2) is 0 Å². The van der Waals surface area contributed by atoms with Crippen molar-refractivity contribution in [2.24, 2.45) is 5.73 Å². The van der Waals surface area contributed by atoms with Gasteiger partial charge in [-0.3, -0.25) is 4.68 Å². The van der Waals surface area contributed by atoms with E-state index in [1.54, 1.807) is 0 Å².